The molecule has 0 saturated heterocycles. The van der Waals surface area contributed by atoms with Gasteiger partial charge in [0.2, 0.25) is 0 Å². The molecule has 0 heterocycles. The molecule has 0 aliphatic rings. The summed E-state index contributed by atoms with van der Waals surface area (Å²) in [6.07, 6.45) is 0. The monoisotopic (exact) mass is 460 g/mol. The van der Waals surface area contributed by atoms with Crippen LogP contribution in [0.1, 0.15) is 0 Å². The third kappa shape index (κ3) is 8.89. The third-order valence-corrected chi connectivity index (χ3v) is 0. The zero-order valence-electron chi connectivity index (χ0n) is 2.53. The van der Waals surface area contributed by atoms with Gasteiger partial charge in [-0.15, -0.1) is 0 Å². The molecule has 0 saturated carbocycles. The van der Waals surface area contributed by atoms with Crippen molar-refractivity contribution in [3.05, 3.63) is 0 Å². The quantitative estimate of drug-likeness (QED) is 0.435. The predicted octanol–water partition coefficient (Wildman–Crippen LogP) is -0.388. The molecule has 0 unspecified atom stereocenters. The molecule has 0 spiro atoms. The van der Waals surface area contributed by atoms with E-state index in [0.717, 1.165) is 0 Å². The van der Waals surface area contributed by atoms with E-state index in [4.69, 9.17) is 0 Å². The van der Waals surface area contributed by atoms with E-state index in [9.17, 15) is 0 Å². The summed E-state index contributed by atoms with van der Waals surface area (Å²) >= 11 is 0. The van der Waals surface area contributed by atoms with Gasteiger partial charge in [0, 0.05) is 0 Å². The fourth-order valence-electron chi connectivity index (χ4n) is 0. The van der Waals surface area contributed by atoms with Gasteiger partial charge < -0.3 is 17.1 Å². The molecule has 0 N–H and O–H groups in total. The molecule has 0 aliphatic heterocycles. The van der Waals surface area contributed by atoms with E-state index in [1.807, 2.05) is 0 Å². The number of hydrogen-bond acceptors (Lipinski definition) is 0. The van der Waals surface area contributed by atoms with Gasteiger partial charge in [0.15, 0.2) is 0 Å². The van der Waals surface area contributed by atoms with Crippen molar-refractivity contribution in [1.82, 2.24) is 0 Å². The summed E-state index contributed by atoms with van der Waals surface area (Å²) in [7, 11) is 0. The molecule has 0 nitrogen and oxygen atoms in total. The summed E-state index contributed by atoms with van der Waals surface area (Å²) in [5.74, 6) is 0. The van der Waals surface area contributed by atoms with Gasteiger partial charge in [-0.1, -0.05) is 0 Å². The topological polar surface area (TPSA) is 0 Å². The van der Waals surface area contributed by atoms with Crippen LogP contribution in [-0.4, -0.2) is 17.1 Å². The van der Waals surface area contributed by atoms with Crippen LogP contribution in [0.5, 0.6) is 0 Å². The average molecular weight is 457 g/mol. The Balaban J connectivity index is 0. The Hall–Kier alpha value is 3.00. The Morgan fingerprint density at radius 2 is 1.00 bits per heavy atom. The van der Waals surface area contributed by atoms with Crippen molar-refractivity contribution >= 4 is 17.1 Å². The molecule has 1 radical (unpaired) electrons. The van der Waals surface area contributed by atoms with Crippen LogP contribution >= 0.6 is 0 Å². The molecular formula is CdHgSeZn+3. The molecular weight excluding hydrogens is 457 g/mol. The second-order valence-electron chi connectivity index (χ2n) is 0. The first-order valence-corrected chi connectivity index (χ1v) is 0. The Morgan fingerprint density at radius 3 is 1.00 bits per heavy atom. The summed E-state index contributed by atoms with van der Waals surface area (Å²) in [5, 5.41) is 0. The van der Waals surface area contributed by atoms with Crippen molar-refractivity contribution < 1.29 is 74.4 Å². The minimum atomic E-state index is 0. The molecule has 0 aromatic heterocycles. The first-order chi connectivity index (χ1) is 0. The summed E-state index contributed by atoms with van der Waals surface area (Å²) in [5.41, 5.74) is 0. The zero-order valence-corrected chi connectivity index (χ0v) is 16.7. The SMILES string of the molecule is [Cd+2].[Hg+].[Se-2].[Zn+2]. The maximum absolute atomic E-state index is 0. The van der Waals surface area contributed by atoms with E-state index in [-0.39, 0.29) is 91.5 Å². The smallest absolute Gasteiger partial charge is 2.00 e. The molecule has 9 valence electrons. The minimum absolute atomic E-state index is 0. The molecule has 0 atom stereocenters. The summed E-state index contributed by atoms with van der Waals surface area (Å²) in [6.45, 7) is 0. The Labute approximate surface area is 89.8 Å². The molecule has 4 heteroatoms. The Kier molecular flexibility index (Phi) is 117. The van der Waals surface area contributed by atoms with Crippen molar-refractivity contribution in [3.63, 3.8) is 0 Å². The first kappa shape index (κ1) is 28.0. The summed E-state index contributed by atoms with van der Waals surface area (Å²) < 4.78 is 0. The number of hydrogen-bond donors (Lipinski definition) is 0. The van der Waals surface area contributed by atoms with Gasteiger partial charge in [-0.25, -0.2) is 0 Å². The Bertz CT molecular complexity index is 8.00. The van der Waals surface area contributed by atoms with E-state index in [1.54, 1.807) is 0 Å². The van der Waals surface area contributed by atoms with Gasteiger partial charge in [0.25, 0.3) is 0 Å². The van der Waals surface area contributed by atoms with Gasteiger partial charge >= 0.3 is 74.4 Å². The minimum Gasteiger partial charge on any atom is -2.00 e. The fraction of sp³-hybridized carbons (Fsp3) is 0. The maximum Gasteiger partial charge on any atom is 2.00 e. The zero-order chi connectivity index (χ0) is 0. The van der Waals surface area contributed by atoms with Crippen molar-refractivity contribution in [2.45, 2.75) is 0 Å². The summed E-state index contributed by atoms with van der Waals surface area (Å²) in [6, 6.07) is 0. The molecule has 0 aromatic rings. The predicted molar refractivity (Wildman–Crippen MR) is 5.75 cm³/mol. The van der Waals surface area contributed by atoms with Gasteiger partial charge in [-0.3, -0.25) is 0 Å². The third-order valence-electron chi connectivity index (χ3n) is 0. The molecule has 0 rings (SSSR count). The fourth-order valence-corrected chi connectivity index (χ4v) is 0. The van der Waals surface area contributed by atoms with Crippen LogP contribution in [0.2, 0.25) is 0 Å². The van der Waals surface area contributed by atoms with Crippen LogP contribution < -0.4 is 0 Å². The van der Waals surface area contributed by atoms with Gasteiger partial charge in [-0.05, 0) is 0 Å². The number of rotatable bonds is 0. The van der Waals surface area contributed by atoms with Gasteiger partial charge in [0.1, 0.15) is 0 Å². The standard InChI is InChI=1S/Cd.Hg.Se.Zn/q+2;+1;-2;+2. The van der Waals surface area contributed by atoms with Crippen LogP contribution in [0.3, 0.4) is 0 Å². The van der Waals surface area contributed by atoms with E-state index < -0.39 is 0 Å². The molecule has 0 bridgehead atoms. The normalized spacial score (nSPS) is 0. The molecule has 0 fully saturated rings. The van der Waals surface area contributed by atoms with Gasteiger partial charge in [-0.2, -0.15) is 0 Å². The second kappa shape index (κ2) is 16.7. The van der Waals surface area contributed by atoms with E-state index in [0.29, 0.717) is 0 Å². The summed E-state index contributed by atoms with van der Waals surface area (Å²) in [4.78, 5) is 0. The maximum atomic E-state index is 0. The van der Waals surface area contributed by atoms with Crippen LogP contribution in [0.4, 0.5) is 0 Å². The van der Waals surface area contributed by atoms with Crippen molar-refractivity contribution in [2.75, 3.05) is 0 Å². The van der Waals surface area contributed by atoms with Gasteiger partial charge in [0.05, 0.1) is 0 Å². The molecule has 0 aliphatic carbocycles. The first-order valence-electron chi connectivity index (χ1n) is 0. The largest absolute Gasteiger partial charge is 2.00 e. The molecule has 4 heavy (non-hydrogen) atoms. The van der Waals surface area contributed by atoms with Crippen LogP contribution in [0.25, 0.3) is 0 Å². The van der Waals surface area contributed by atoms with Crippen molar-refractivity contribution in [2.24, 2.45) is 0 Å². The van der Waals surface area contributed by atoms with Crippen LogP contribution in [-0.2, 0) is 74.4 Å². The van der Waals surface area contributed by atoms with Crippen molar-refractivity contribution in [3.8, 4) is 0 Å². The van der Waals surface area contributed by atoms with E-state index in [1.165, 1.54) is 0 Å². The van der Waals surface area contributed by atoms with Crippen LogP contribution in [0, 0.1) is 0 Å². The Morgan fingerprint density at radius 1 is 1.00 bits per heavy atom. The van der Waals surface area contributed by atoms with Crippen LogP contribution in [0.15, 0.2) is 0 Å². The molecule has 0 aromatic carbocycles. The average Bonchev–Trinajstić information content (AvgIpc) is 0. The van der Waals surface area contributed by atoms with Crippen molar-refractivity contribution in [1.29, 1.82) is 0 Å². The molecule has 0 amide bonds. The van der Waals surface area contributed by atoms with E-state index >= 15 is 0 Å². The second-order valence-corrected chi connectivity index (χ2v) is 0. The van der Waals surface area contributed by atoms with E-state index in [2.05, 4.69) is 0 Å².